The van der Waals surface area contributed by atoms with Crippen molar-refractivity contribution in [1.29, 1.82) is 0 Å². The summed E-state index contributed by atoms with van der Waals surface area (Å²) in [7, 11) is 0. The lowest BCUT2D eigenvalue weighted by molar-refractivity contribution is -0.127. The van der Waals surface area contributed by atoms with Crippen molar-refractivity contribution in [2.45, 2.75) is 44.8 Å². The van der Waals surface area contributed by atoms with Crippen LogP contribution in [0.5, 0.6) is 5.75 Å². The zero-order valence-corrected chi connectivity index (χ0v) is 11.6. The number of nitrogens with one attached hydrogen (secondary N) is 1. The number of primary amides is 1. The predicted octanol–water partition coefficient (Wildman–Crippen LogP) is 1.61. The van der Waals surface area contributed by atoms with Crippen LogP contribution in [0.15, 0.2) is 24.3 Å². The molecule has 1 fully saturated rings. The van der Waals surface area contributed by atoms with E-state index in [1.807, 2.05) is 0 Å². The first-order valence-corrected chi connectivity index (χ1v) is 6.93. The van der Waals surface area contributed by atoms with Gasteiger partial charge in [0.1, 0.15) is 5.75 Å². The first-order chi connectivity index (χ1) is 9.56. The lowest BCUT2D eigenvalue weighted by Gasteiger charge is -2.18. The van der Waals surface area contributed by atoms with Crippen molar-refractivity contribution in [1.82, 2.24) is 5.32 Å². The minimum Gasteiger partial charge on any atom is -0.481 e. The second-order valence-electron chi connectivity index (χ2n) is 5.14. The van der Waals surface area contributed by atoms with Crippen LogP contribution in [0.2, 0.25) is 0 Å². The van der Waals surface area contributed by atoms with Crippen molar-refractivity contribution in [3.8, 4) is 5.75 Å². The molecule has 1 aromatic carbocycles. The van der Waals surface area contributed by atoms with E-state index in [0.717, 1.165) is 12.8 Å². The summed E-state index contributed by atoms with van der Waals surface area (Å²) < 4.78 is 5.56. The number of nitrogens with two attached hydrogens (primary N) is 1. The first kappa shape index (κ1) is 14.4. The molecule has 0 spiro atoms. The molecule has 1 atom stereocenters. The van der Waals surface area contributed by atoms with Gasteiger partial charge in [0.25, 0.3) is 5.91 Å². The summed E-state index contributed by atoms with van der Waals surface area (Å²) in [5, 5.41) is 2.99. The largest absolute Gasteiger partial charge is 0.481 e. The van der Waals surface area contributed by atoms with Gasteiger partial charge in [0.15, 0.2) is 6.10 Å². The second-order valence-corrected chi connectivity index (χ2v) is 5.14. The van der Waals surface area contributed by atoms with Crippen LogP contribution in [-0.4, -0.2) is 24.0 Å². The normalized spacial score (nSPS) is 16.6. The Labute approximate surface area is 118 Å². The van der Waals surface area contributed by atoms with Gasteiger partial charge in [0.05, 0.1) is 0 Å². The highest BCUT2D eigenvalue weighted by Gasteiger charge is 2.21. The minimum absolute atomic E-state index is 0.101. The highest BCUT2D eigenvalue weighted by atomic mass is 16.5. The molecule has 0 saturated heterocycles. The first-order valence-electron chi connectivity index (χ1n) is 6.93. The van der Waals surface area contributed by atoms with E-state index in [1.54, 1.807) is 31.2 Å². The fourth-order valence-corrected chi connectivity index (χ4v) is 2.34. The Morgan fingerprint density at radius 1 is 1.25 bits per heavy atom. The highest BCUT2D eigenvalue weighted by Crippen LogP contribution is 2.18. The van der Waals surface area contributed by atoms with Gasteiger partial charge in [-0.1, -0.05) is 12.8 Å². The van der Waals surface area contributed by atoms with Gasteiger partial charge < -0.3 is 15.8 Å². The van der Waals surface area contributed by atoms with E-state index in [2.05, 4.69) is 5.32 Å². The van der Waals surface area contributed by atoms with Crippen molar-refractivity contribution >= 4 is 11.8 Å². The van der Waals surface area contributed by atoms with Gasteiger partial charge in [-0.3, -0.25) is 9.59 Å². The van der Waals surface area contributed by atoms with E-state index in [1.165, 1.54) is 12.8 Å². The molecule has 2 rings (SSSR count). The van der Waals surface area contributed by atoms with Crippen molar-refractivity contribution in [2.75, 3.05) is 0 Å². The van der Waals surface area contributed by atoms with Crippen LogP contribution in [0.4, 0.5) is 0 Å². The molecule has 1 aliphatic carbocycles. The molecule has 0 unspecified atom stereocenters. The van der Waals surface area contributed by atoms with Gasteiger partial charge in [-0.15, -0.1) is 0 Å². The summed E-state index contributed by atoms with van der Waals surface area (Å²) in [5.41, 5.74) is 5.58. The Bertz CT molecular complexity index is 478. The van der Waals surface area contributed by atoms with Crippen LogP contribution in [0, 0.1) is 0 Å². The molecular weight excluding hydrogens is 256 g/mol. The summed E-state index contributed by atoms with van der Waals surface area (Å²) in [5.74, 6) is -0.0384. The summed E-state index contributed by atoms with van der Waals surface area (Å²) >= 11 is 0. The van der Waals surface area contributed by atoms with Gasteiger partial charge >= 0.3 is 0 Å². The van der Waals surface area contributed by atoms with Crippen molar-refractivity contribution in [3.05, 3.63) is 29.8 Å². The Morgan fingerprint density at radius 2 is 1.85 bits per heavy atom. The number of carbonyl (C=O) groups is 2. The van der Waals surface area contributed by atoms with Gasteiger partial charge in [-0.25, -0.2) is 0 Å². The zero-order valence-electron chi connectivity index (χ0n) is 11.6. The van der Waals surface area contributed by atoms with Gasteiger partial charge in [0.2, 0.25) is 5.91 Å². The lowest BCUT2D eigenvalue weighted by atomic mass is 10.2. The molecule has 0 bridgehead atoms. The SMILES string of the molecule is C[C@@H](Oc1ccc(C(N)=O)cc1)C(=O)NC1CCCC1. The monoisotopic (exact) mass is 276 g/mol. The number of benzene rings is 1. The van der Waals surface area contributed by atoms with E-state index in [4.69, 9.17) is 10.5 Å². The number of ether oxygens (including phenoxy) is 1. The lowest BCUT2D eigenvalue weighted by Crippen LogP contribution is -2.41. The molecule has 20 heavy (non-hydrogen) atoms. The summed E-state index contributed by atoms with van der Waals surface area (Å²) in [6.07, 6.45) is 3.89. The molecule has 5 heteroatoms. The fourth-order valence-electron chi connectivity index (χ4n) is 2.34. The number of hydrogen-bond donors (Lipinski definition) is 2. The van der Waals surface area contributed by atoms with Crippen LogP contribution in [-0.2, 0) is 4.79 Å². The van der Waals surface area contributed by atoms with E-state index in [0.29, 0.717) is 11.3 Å². The third-order valence-electron chi connectivity index (χ3n) is 3.52. The van der Waals surface area contributed by atoms with E-state index in [9.17, 15) is 9.59 Å². The molecule has 0 aromatic heterocycles. The molecule has 3 N–H and O–H groups in total. The smallest absolute Gasteiger partial charge is 0.260 e. The number of amides is 2. The quantitative estimate of drug-likeness (QED) is 0.857. The summed E-state index contributed by atoms with van der Waals surface area (Å²) in [4.78, 5) is 22.9. The van der Waals surface area contributed by atoms with Gasteiger partial charge in [0, 0.05) is 11.6 Å². The summed E-state index contributed by atoms with van der Waals surface area (Å²) in [6, 6.07) is 6.73. The number of rotatable bonds is 5. The average molecular weight is 276 g/mol. The molecule has 1 aliphatic rings. The molecule has 5 nitrogen and oxygen atoms in total. The van der Waals surface area contributed by atoms with Crippen molar-refractivity contribution in [2.24, 2.45) is 5.73 Å². The number of hydrogen-bond acceptors (Lipinski definition) is 3. The predicted molar refractivity (Wildman–Crippen MR) is 75.4 cm³/mol. The standard InChI is InChI=1S/C15H20N2O3/c1-10(15(19)17-12-4-2-3-5-12)20-13-8-6-11(7-9-13)14(16)18/h6-10,12H,2-5H2,1H3,(H2,16,18)(H,17,19)/t10-/m1/s1. The van der Waals surface area contributed by atoms with Crippen LogP contribution in [0.25, 0.3) is 0 Å². The molecule has 108 valence electrons. The van der Waals surface area contributed by atoms with Crippen LogP contribution in [0.1, 0.15) is 43.0 Å². The Balaban J connectivity index is 1.87. The molecule has 1 saturated carbocycles. The molecule has 1 aromatic rings. The van der Waals surface area contributed by atoms with E-state index < -0.39 is 12.0 Å². The van der Waals surface area contributed by atoms with E-state index in [-0.39, 0.29) is 11.9 Å². The van der Waals surface area contributed by atoms with Crippen LogP contribution >= 0.6 is 0 Å². The second kappa shape index (κ2) is 6.41. The Morgan fingerprint density at radius 3 is 2.40 bits per heavy atom. The minimum atomic E-state index is -0.560. The van der Waals surface area contributed by atoms with Crippen molar-refractivity contribution in [3.63, 3.8) is 0 Å². The van der Waals surface area contributed by atoms with E-state index >= 15 is 0 Å². The maximum atomic E-state index is 12.0. The Hall–Kier alpha value is -2.04. The molecule has 2 amide bonds. The van der Waals surface area contributed by atoms with Gasteiger partial charge in [-0.2, -0.15) is 0 Å². The maximum Gasteiger partial charge on any atom is 0.260 e. The molecule has 0 radical (unpaired) electrons. The number of carbonyl (C=O) groups excluding carboxylic acids is 2. The molecule has 0 aliphatic heterocycles. The maximum absolute atomic E-state index is 12.0. The van der Waals surface area contributed by atoms with Crippen LogP contribution < -0.4 is 15.8 Å². The third-order valence-corrected chi connectivity index (χ3v) is 3.52. The van der Waals surface area contributed by atoms with Gasteiger partial charge in [-0.05, 0) is 44.0 Å². The topological polar surface area (TPSA) is 81.4 Å². The zero-order chi connectivity index (χ0) is 14.5. The third kappa shape index (κ3) is 3.73. The van der Waals surface area contributed by atoms with Crippen LogP contribution in [0.3, 0.4) is 0 Å². The molecule has 0 heterocycles. The Kier molecular flexibility index (Phi) is 4.61. The average Bonchev–Trinajstić information content (AvgIpc) is 2.92. The fraction of sp³-hybridized carbons (Fsp3) is 0.467. The van der Waals surface area contributed by atoms with Crippen molar-refractivity contribution < 1.29 is 14.3 Å². The highest BCUT2D eigenvalue weighted by molar-refractivity contribution is 5.92. The molecular formula is C15H20N2O3. The summed E-state index contributed by atoms with van der Waals surface area (Å²) in [6.45, 7) is 1.71.